The monoisotopic (exact) mass is 174 g/mol. The smallest absolute Gasteiger partial charge is 0.238 e. The zero-order valence-electron chi connectivity index (χ0n) is 8.04. The van der Waals surface area contributed by atoms with Crippen molar-refractivity contribution >= 4 is 5.91 Å². The third kappa shape index (κ3) is 6.12. The molecule has 0 aliphatic carbocycles. The highest BCUT2D eigenvalue weighted by molar-refractivity contribution is 5.75. The number of hydrogen-bond donors (Lipinski definition) is 1. The van der Waals surface area contributed by atoms with Crippen LogP contribution in [-0.4, -0.2) is 31.2 Å². The van der Waals surface area contributed by atoms with E-state index in [9.17, 15) is 4.79 Å². The molecular weight excluding hydrogens is 156 g/mol. The first-order valence-electron chi connectivity index (χ1n) is 4.13. The van der Waals surface area contributed by atoms with E-state index in [1.807, 2.05) is 0 Å². The topological polar surface area (TPSA) is 55.6 Å². The zero-order valence-corrected chi connectivity index (χ0v) is 8.04. The van der Waals surface area contributed by atoms with Crippen LogP contribution in [0, 0.1) is 5.92 Å². The quantitative estimate of drug-likeness (QED) is 0.284. The van der Waals surface area contributed by atoms with E-state index in [2.05, 4.69) is 13.8 Å². The highest BCUT2D eigenvalue weighted by Crippen LogP contribution is 1.94. The van der Waals surface area contributed by atoms with Crippen LogP contribution < -0.4 is 5.84 Å². The number of hydrazine groups is 1. The molecule has 0 spiro atoms. The number of ether oxygens (including phenoxy) is 1. The molecule has 0 bridgehead atoms. The molecule has 2 N–H and O–H groups in total. The number of rotatable bonds is 5. The molecule has 0 saturated carbocycles. The summed E-state index contributed by atoms with van der Waals surface area (Å²) < 4.78 is 5.21. The average molecular weight is 174 g/mol. The summed E-state index contributed by atoms with van der Waals surface area (Å²) in [4.78, 5) is 10.9. The molecule has 0 aromatic carbocycles. The lowest BCUT2D eigenvalue weighted by Crippen LogP contribution is -2.33. The highest BCUT2D eigenvalue weighted by Gasteiger charge is 2.03. The van der Waals surface area contributed by atoms with Crippen LogP contribution in [0.25, 0.3) is 0 Å². The van der Waals surface area contributed by atoms with Gasteiger partial charge in [0, 0.05) is 13.7 Å². The van der Waals surface area contributed by atoms with Gasteiger partial charge in [0.15, 0.2) is 0 Å². The Labute approximate surface area is 73.6 Å². The molecular formula is C8H18N2O2. The van der Waals surface area contributed by atoms with Gasteiger partial charge in [-0.1, -0.05) is 13.8 Å². The molecule has 4 heteroatoms. The van der Waals surface area contributed by atoms with Gasteiger partial charge < -0.3 is 4.74 Å². The third-order valence-corrected chi connectivity index (χ3v) is 1.30. The first kappa shape index (κ1) is 11.4. The lowest BCUT2D eigenvalue weighted by Gasteiger charge is -2.10. The summed E-state index contributed by atoms with van der Waals surface area (Å²) >= 11 is 0. The van der Waals surface area contributed by atoms with E-state index in [-0.39, 0.29) is 5.91 Å². The van der Waals surface area contributed by atoms with Crippen molar-refractivity contribution in [1.82, 2.24) is 5.01 Å². The number of carbonyl (C=O) groups is 1. The van der Waals surface area contributed by atoms with Crippen molar-refractivity contribution in [3.05, 3.63) is 0 Å². The van der Waals surface area contributed by atoms with Gasteiger partial charge in [-0.05, 0) is 5.92 Å². The predicted molar refractivity (Wildman–Crippen MR) is 47.2 cm³/mol. The molecule has 0 unspecified atom stereocenters. The molecule has 1 amide bonds. The molecule has 0 aliphatic heterocycles. The Morgan fingerprint density at radius 3 is 2.58 bits per heavy atom. The number of carbonyl (C=O) groups excluding carboxylic acids is 1. The third-order valence-electron chi connectivity index (χ3n) is 1.30. The molecule has 0 atom stereocenters. The standard InChI is InChI=1S/C8H18N2O2/c1-7(2)6-12-5-4-8(11)10(3)9/h7H,4-6,9H2,1-3H3. The SMILES string of the molecule is CC(C)COCCC(=O)N(C)N. The average Bonchev–Trinajstić information content (AvgIpc) is 1.97. The fourth-order valence-corrected chi connectivity index (χ4v) is 0.655. The molecule has 0 radical (unpaired) electrons. The number of nitrogens with two attached hydrogens (primary N) is 1. The van der Waals surface area contributed by atoms with Crippen LogP contribution in [0.15, 0.2) is 0 Å². The molecule has 4 nitrogen and oxygen atoms in total. The predicted octanol–water partition coefficient (Wildman–Crippen LogP) is 0.381. The maximum absolute atomic E-state index is 10.9. The van der Waals surface area contributed by atoms with Gasteiger partial charge in [0.25, 0.3) is 0 Å². The Balaban J connectivity index is 3.26. The van der Waals surface area contributed by atoms with Crippen LogP contribution in [0.1, 0.15) is 20.3 Å². The largest absolute Gasteiger partial charge is 0.381 e. The van der Waals surface area contributed by atoms with E-state index >= 15 is 0 Å². The van der Waals surface area contributed by atoms with Crippen molar-refractivity contribution in [2.45, 2.75) is 20.3 Å². The maximum atomic E-state index is 10.9. The lowest BCUT2D eigenvalue weighted by molar-refractivity contribution is -0.131. The zero-order chi connectivity index (χ0) is 9.56. The number of nitrogens with zero attached hydrogens (tertiary/aromatic N) is 1. The molecule has 0 fully saturated rings. The van der Waals surface area contributed by atoms with Crippen LogP contribution in [0.3, 0.4) is 0 Å². The molecule has 0 saturated heterocycles. The summed E-state index contributed by atoms with van der Waals surface area (Å²) in [6.45, 7) is 5.29. The summed E-state index contributed by atoms with van der Waals surface area (Å²) in [5.41, 5.74) is 0. The van der Waals surface area contributed by atoms with E-state index in [4.69, 9.17) is 10.6 Å². The van der Waals surface area contributed by atoms with Crippen LogP contribution >= 0.6 is 0 Å². The number of amides is 1. The van der Waals surface area contributed by atoms with Crippen molar-refractivity contribution in [3.8, 4) is 0 Å². The Morgan fingerprint density at radius 2 is 2.17 bits per heavy atom. The van der Waals surface area contributed by atoms with Gasteiger partial charge in [0.1, 0.15) is 0 Å². The van der Waals surface area contributed by atoms with E-state index in [0.29, 0.717) is 25.6 Å². The van der Waals surface area contributed by atoms with Crippen molar-refractivity contribution < 1.29 is 9.53 Å². The molecule has 0 heterocycles. The van der Waals surface area contributed by atoms with E-state index < -0.39 is 0 Å². The molecule has 72 valence electrons. The van der Waals surface area contributed by atoms with Gasteiger partial charge in [-0.2, -0.15) is 0 Å². The fraction of sp³-hybridized carbons (Fsp3) is 0.875. The summed E-state index contributed by atoms with van der Waals surface area (Å²) in [7, 11) is 1.53. The normalized spacial score (nSPS) is 10.4. The van der Waals surface area contributed by atoms with Crippen LogP contribution in [-0.2, 0) is 9.53 Å². The minimum atomic E-state index is -0.0984. The maximum Gasteiger partial charge on any atom is 0.238 e. The minimum absolute atomic E-state index is 0.0984. The van der Waals surface area contributed by atoms with Gasteiger partial charge in [-0.25, -0.2) is 5.84 Å². The van der Waals surface area contributed by atoms with E-state index in [1.165, 1.54) is 7.05 Å². The van der Waals surface area contributed by atoms with Gasteiger partial charge in [0.05, 0.1) is 13.0 Å². The Bertz CT molecular complexity index is 135. The van der Waals surface area contributed by atoms with Gasteiger partial charge in [0.2, 0.25) is 5.91 Å². The van der Waals surface area contributed by atoms with E-state index in [1.54, 1.807) is 0 Å². The van der Waals surface area contributed by atoms with E-state index in [0.717, 1.165) is 5.01 Å². The number of hydrogen-bond acceptors (Lipinski definition) is 3. The van der Waals surface area contributed by atoms with Crippen LogP contribution in [0.4, 0.5) is 0 Å². The first-order valence-corrected chi connectivity index (χ1v) is 4.13. The highest BCUT2D eigenvalue weighted by atomic mass is 16.5. The Kier molecular flexibility index (Phi) is 5.66. The van der Waals surface area contributed by atoms with Gasteiger partial charge in [-0.3, -0.25) is 9.80 Å². The van der Waals surface area contributed by atoms with Crippen molar-refractivity contribution in [2.24, 2.45) is 11.8 Å². The van der Waals surface area contributed by atoms with Crippen molar-refractivity contribution in [3.63, 3.8) is 0 Å². The molecule has 0 rings (SSSR count). The van der Waals surface area contributed by atoms with Crippen LogP contribution in [0.2, 0.25) is 0 Å². The Morgan fingerprint density at radius 1 is 1.58 bits per heavy atom. The second kappa shape index (κ2) is 5.97. The van der Waals surface area contributed by atoms with Crippen molar-refractivity contribution in [1.29, 1.82) is 0 Å². The second-order valence-corrected chi connectivity index (χ2v) is 3.22. The molecule has 0 aliphatic rings. The summed E-state index contributed by atoms with van der Waals surface area (Å²) in [6, 6.07) is 0. The molecule has 0 aromatic rings. The minimum Gasteiger partial charge on any atom is -0.381 e. The van der Waals surface area contributed by atoms with Gasteiger partial charge >= 0.3 is 0 Å². The molecule has 12 heavy (non-hydrogen) atoms. The van der Waals surface area contributed by atoms with Crippen molar-refractivity contribution in [2.75, 3.05) is 20.3 Å². The summed E-state index contributed by atoms with van der Waals surface area (Å²) in [5.74, 6) is 5.62. The summed E-state index contributed by atoms with van der Waals surface area (Å²) in [6.07, 6.45) is 0.361. The lowest BCUT2D eigenvalue weighted by atomic mass is 10.2. The molecule has 0 aromatic heterocycles. The first-order chi connectivity index (χ1) is 5.54. The van der Waals surface area contributed by atoms with Gasteiger partial charge in [-0.15, -0.1) is 0 Å². The Hall–Kier alpha value is -0.610. The van der Waals surface area contributed by atoms with Crippen LogP contribution in [0.5, 0.6) is 0 Å². The second-order valence-electron chi connectivity index (χ2n) is 3.22. The summed E-state index contributed by atoms with van der Waals surface area (Å²) in [5, 5.41) is 1.08. The fourth-order valence-electron chi connectivity index (χ4n) is 0.655.